The number of hydrogen-bond acceptors (Lipinski definition) is 6. The van der Waals surface area contributed by atoms with E-state index in [4.69, 9.17) is 21.1 Å². The second-order valence-corrected chi connectivity index (χ2v) is 10.8. The Bertz CT molecular complexity index is 1490. The van der Waals surface area contributed by atoms with E-state index >= 15 is 0 Å². The normalized spacial score (nSPS) is 24.8. The largest absolute Gasteiger partial charge is 0.405 e. The number of alkyl halides is 3. The number of hydrogen-bond donors (Lipinski definition) is 1. The molecule has 1 N–H and O–H groups in total. The van der Waals surface area contributed by atoms with Gasteiger partial charge in [-0.3, -0.25) is 0 Å². The molecule has 6 rings (SSSR count). The van der Waals surface area contributed by atoms with E-state index in [0.717, 1.165) is 41.2 Å². The highest BCUT2D eigenvalue weighted by atomic mass is 35.5. The molecule has 11 heteroatoms. The Morgan fingerprint density at radius 2 is 1.89 bits per heavy atom. The van der Waals surface area contributed by atoms with Crippen LogP contribution in [0.15, 0.2) is 48.9 Å². The van der Waals surface area contributed by atoms with Crippen LogP contribution < -0.4 is 5.32 Å². The van der Waals surface area contributed by atoms with Crippen molar-refractivity contribution in [3.63, 3.8) is 0 Å². The number of benzene rings is 1. The van der Waals surface area contributed by atoms with E-state index < -0.39 is 18.5 Å². The van der Waals surface area contributed by atoms with Crippen molar-refractivity contribution in [3.8, 4) is 0 Å². The van der Waals surface area contributed by atoms with Crippen molar-refractivity contribution in [3.05, 3.63) is 59.6 Å². The number of nitrogens with zero attached hydrogens (tertiary/aromatic N) is 4. The van der Waals surface area contributed by atoms with Crippen LogP contribution in [-0.2, 0) is 15.9 Å². The van der Waals surface area contributed by atoms with Crippen LogP contribution in [0.25, 0.3) is 21.9 Å². The first-order valence-electron chi connectivity index (χ1n) is 12.6. The summed E-state index contributed by atoms with van der Waals surface area (Å²) in [6.45, 7) is 2.75. The van der Waals surface area contributed by atoms with Gasteiger partial charge in [-0.1, -0.05) is 23.7 Å². The number of pyridine rings is 1. The Morgan fingerprint density at radius 3 is 2.71 bits per heavy atom. The van der Waals surface area contributed by atoms with Gasteiger partial charge in [0.1, 0.15) is 35.6 Å². The maximum Gasteiger partial charge on any atom is 0.405 e. The topological polar surface area (TPSA) is 74.1 Å². The van der Waals surface area contributed by atoms with Gasteiger partial charge in [-0.25, -0.2) is 15.0 Å². The van der Waals surface area contributed by atoms with Gasteiger partial charge in [0.25, 0.3) is 0 Å². The van der Waals surface area contributed by atoms with Crippen molar-refractivity contribution in [1.82, 2.24) is 19.5 Å². The first kappa shape index (κ1) is 25.3. The van der Waals surface area contributed by atoms with E-state index in [2.05, 4.69) is 24.8 Å². The second kappa shape index (κ2) is 9.36. The number of aromatic nitrogens is 4. The predicted molar refractivity (Wildman–Crippen MR) is 138 cm³/mol. The lowest BCUT2D eigenvalue weighted by Gasteiger charge is -2.24. The summed E-state index contributed by atoms with van der Waals surface area (Å²) < 4.78 is 52.7. The quantitative estimate of drug-likeness (QED) is 0.286. The Kier molecular flexibility index (Phi) is 6.24. The van der Waals surface area contributed by atoms with Crippen molar-refractivity contribution in [2.24, 2.45) is 5.92 Å². The van der Waals surface area contributed by atoms with Gasteiger partial charge in [-0.2, -0.15) is 13.2 Å². The Balaban J connectivity index is 1.21. The Morgan fingerprint density at radius 1 is 1.11 bits per heavy atom. The number of fused-ring (bicyclic) bond motifs is 3. The maximum absolute atomic E-state index is 12.6. The van der Waals surface area contributed by atoms with E-state index in [9.17, 15) is 13.2 Å². The highest BCUT2D eigenvalue weighted by Crippen LogP contribution is 2.49. The summed E-state index contributed by atoms with van der Waals surface area (Å²) in [4.78, 5) is 13.0. The highest BCUT2D eigenvalue weighted by molar-refractivity contribution is 6.33. The molecule has 1 aliphatic heterocycles. The molecule has 2 aliphatic rings. The van der Waals surface area contributed by atoms with Crippen LogP contribution >= 0.6 is 11.6 Å². The van der Waals surface area contributed by atoms with Crippen LogP contribution in [0, 0.1) is 5.92 Å². The smallest absolute Gasteiger partial charge is 0.361 e. The van der Waals surface area contributed by atoms with Gasteiger partial charge in [0.15, 0.2) is 5.79 Å². The Hall–Kier alpha value is -2.95. The first-order chi connectivity index (χ1) is 18.1. The average Bonchev–Trinajstić information content (AvgIpc) is 3.52. The molecule has 0 unspecified atom stereocenters. The average molecular weight is 546 g/mol. The maximum atomic E-state index is 12.6. The summed E-state index contributed by atoms with van der Waals surface area (Å²) in [5, 5.41) is 4.46. The van der Waals surface area contributed by atoms with Gasteiger partial charge < -0.3 is 19.4 Å². The molecule has 4 heterocycles. The molecule has 1 saturated carbocycles. The minimum Gasteiger partial charge on any atom is -0.361 e. The van der Waals surface area contributed by atoms with Crippen LogP contribution in [-0.4, -0.2) is 50.2 Å². The molecular weight excluding hydrogens is 519 g/mol. The molecule has 0 spiro atoms. The molecule has 200 valence electrons. The number of nitrogens with one attached hydrogen (secondary N) is 1. The fraction of sp³-hybridized carbons (Fsp3) is 0.444. The number of anilines is 1. The number of halogens is 4. The molecular formula is C27H27ClF3N5O2. The second-order valence-electron chi connectivity index (χ2n) is 10.5. The van der Waals surface area contributed by atoms with E-state index in [1.54, 1.807) is 12.1 Å². The summed E-state index contributed by atoms with van der Waals surface area (Å²) in [7, 11) is 0. The number of aryl methyl sites for hydroxylation is 1. The lowest BCUT2D eigenvalue weighted by molar-refractivity contribution is -0.160. The van der Waals surface area contributed by atoms with Gasteiger partial charge in [0.2, 0.25) is 0 Å². The lowest BCUT2D eigenvalue weighted by atomic mass is 9.95. The third kappa shape index (κ3) is 4.92. The fourth-order valence-electron chi connectivity index (χ4n) is 5.78. The van der Waals surface area contributed by atoms with Crippen molar-refractivity contribution in [2.75, 3.05) is 11.9 Å². The van der Waals surface area contributed by atoms with Crippen LogP contribution in [0.4, 0.5) is 19.0 Å². The van der Waals surface area contributed by atoms with Crippen molar-refractivity contribution >= 4 is 39.4 Å². The summed E-state index contributed by atoms with van der Waals surface area (Å²) in [6, 6.07) is 11.3. The van der Waals surface area contributed by atoms with Crippen LogP contribution in [0.3, 0.4) is 0 Å². The predicted octanol–water partition coefficient (Wildman–Crippen LogP) is 6.32. The summed E-state index contributed by atoms with van der Waals surface area (Å²) >= 11 is 6.29. The Labute approximate surface area is 222 Å². The van der Waals surface area contributed by atoms with Crippen LogP contribution in [0.1, 0.15) is 38.3 Å². The van der Waals surface area contributed by atoms with E-state index in [1.165, 1.54) is 6.33 Å². The van der Waals surface area contributed by atoms with Gasteiger partial charge in [0, 0.05) is 11.6 Å². The molecule has 3 aromatic heterocycles. The zero-order valence-corrected chi connectivity index (χ0v) is 21.6. The fourth-order valence-corrected chi connectivity index (χ4v) is 5.97. The summed E-state index contributed by atoms with van der Waals surface area (Å²) in [6.07, 6.45) is 1.46. The molecule has 38 heavy (non-hydrogen) atoms. The zero-order chi connectivity index (χ0) is 26.7. The molecule has 0 amide bonds. The lowest BCUT2D eigenvalue weighted by Crippen LogP contribution is -2.27. The zero-order valence-electron chi connectivity index (χ0n) is 20.9. The molecule has 7 nitrogen and oxygen atoms in total. The van der Waals surface area contributed by atoms with E-state index in [0.29, 0.717) is 10.7 Å². The van der Waals surface area contributed by atoms with Gasteiger partial charge in [0.05, 0.1) is 23.0 Å². The molecule has 4 atom stereocenters. The van der Waals surface area contributed by atoms with E-state index in [1.807, 2.05) is 44.3 Å². The monoisotopic (exact) mass is 545 g/mol. The van der Waals surface area contributed by atoms with Crippen LogP contribution in [0.2, 0.25) is 5.15 Å². The SMILES string of the molecule is CC1(C)O[C@@H]2[C@@H](CCc3ccc4ccc(NCC(F)(F)F)nc4c3)C[C@@H](n3ccc4c(Cl)ncnc43)[C@@H]2O1. The minimum absolute atomic E-state index is 0.0378. The van der Waals surface area contributed by atoms with Gasteiger partial charge >= 0.3 is 6.18 Å². The summed E-state index contributed by atoms with van der Waals surface area (Å²) in [5.41, 5.74) is 2.51. The molecule has 1 aromatic carbocycles. The first-order valence-corrected chi connectivity index (χ1v) is 13.0. The van der Waals surface area contributed by atoms with Crippen molar-refractivity contribution in [1.29, 1.82) is 0 Å². The third-order valence-electron chi connectivity index (χ3n) is 7.40. The standard InChI is InChI=1S/C27H27ClF3N5O2/c1-26(2)37-22-17(12-20(23(22)38-26)36-10-9-18-24(28)33-14-34-25(18)36)6-4-15-3-5-16-7-8-21(35-19(16)11-15)32-13-27(29,30)31/h3,5,7-11,14,17,20,22-23H,4,6,12-13H2,1-2H3,(H,32,35)/t17-,20+,22+,23-/m0/s1. The minimum atomic E-state index is -4.30. The highest BCUT2D eigenvalue weighted by Gasteiger charge is 2.54. The molecule has 1 saturated heterocycles. The molecule has 4 aromatic rings. The van der Waals surface area contributed by atoms with Crippen molar-refractivity contribution in [2.45, 2.75) is 63.3 Å². The number of rotatable bonds is 6. The molecule has 1 aliphatic carbocycles. The van der Waals surface area contributed by atoms with Gasteiger partial charge in [-0.15, -0.1) is 0 Å². The molecule has 0 radical (unpaired) electrons. The molecule has 0 bridgehead atoms. The number of ether oxygens (including phenoxy) is 2. The molecule has 2 fully saturated rings. The van der Waals surface area contributed by atoms with Crippen molar-refractivity contribution < 1.29 is 22.6 Å². The van der Waals surface area contributed by atoms with E-state index in [-0.39, 0.29) is 30.0 Å². The van der Waals surface area contributed by atoms with Crippen LogP contribution in [0.5, 0.6) is 0 Å². The third-order valence-corrected chi connectivity index (χ3v) is 7.70. The summed E-state index contributed by atoms with van der Waals surface area (Å²) in [5.74, 6) is -0.242. The van der Waals surface area contributed by atoms with Gasteiger partial charge in [-0.05, 0) is 68.9 Å².